The number of anilines is 1. The van der Waals surface area contributed by atoms with Crippen molar-refractivity contribution >= 4 is 50.9 Å². The fourth-order valence-corrected chi connectivity index (χ4v) is 4.74. The molecular weight excluding hydrogens is 536 g/mol. The van der Waals surface area contributed by atoms with Gasteiger partial charge < -0.3 is 10.1 Å². The molecule has 0 aliphatic carbocycles. The summed E-state index contributed by atoms with van der Waals surface area (Å²) in [5, 5.41) is 12.8. The fraction of sp³-hybridized carbons (Fsp3) is 0.160. The molecule has 1 N–H and O–H groups in total. The molecule has 0 saturated carbocycles. The Labute approximate surface area is 215 Å². The molecule has 1 aromatic heterocycles. The maximum Gasteiger partial charge on any atom is 0.234 e. The van der Waals surface area contributed by atoms with Crippen LogP contribution in [0.25, 0.3) is 5.69 Å². The number of carbonyl (C=O) groups is 1. The van der Waals surface area contributed by atoms with Crippen molar-refractivity contribution in [2.75, 3.05) is 11.1 Å². The Kier molecular flexibility index (Phi) is 7.92. The Hall–Kier alpha value is -2.81. The molecule has 4 aromatic rings. The van der Waals surface area contributed by atoms with E-state index in [1.54, 1.807) is 6.07 Å². The number of hydrogen-bond donors (Lipinski definition) is 1. The average Bonchev–Trinajstić information content (AvgIpc) is 3.26. The van der Waals surface area contributed by atoms with Crippen LogP contribution in [0.3, 0.4) is 0 Å². The number of amides is 1. The monoisotopic (exact) mass is 556 g/mol. The zero-order valence-electron chi connectivity index (χ0n) is 18.5. The number of hydrogen-bond acceptors (Lipinski definition) is 5. The lowest BCUT2D eigenvalue weighted by Crippen LogP contribution is -2.16. The van der Waals surface area contributed by atoms with Gasteiger partial charge in [0.2, 0.25) is 5.91 Å². The molecule has 0 aliphatic heterocycles. The maximum atomic E-state index is 12.6. The SMILES string of the molecule is Cc1cc(Br)ccc1NC(=O)CSc1nnc(C(C)Oc2ccccc2Cl)n1-c1ccccc1. The molecular formula is C25H22BrClN4O2S. The first-order valence-corrected chi connectivity index (χ1v) is 12.7. The van der Waals surface area contributed by atoms with Crippen LogP contribution in [0.1, 0.15) is 24.4 Å². The predicted octanol–water partition coefficient (Wildman–Crippen LogP) is 6.86. The number of aryl methyl sites for hydroxylation is 1. The van der Waals surface area contributed by atoms with E-state index in [0.717, 1.165) is 21.4 Å². The molecule has 34 heavy (non-hydrogen) atoms. The number of ether oxygens (including phenoxy) is 1. The standard InChI is InChI=1S/C25H22BrClN4O2S/c1-16-14-18(26)12-13-21(16)28-23(32)15-34-25-30-29-24(31(25)19-8-4-3-5-9-19)17(2)33-22-11-7-6-10-20(22)27/h3-14,17H,15H2,1-2H3,(H,28,32). The second-order valence-electron chi connectivity index (χ2n) is 7.50. The van der Waals surface area contributed by atoms with Gasteiger partial charge in [-0.25, -0.2) is 0 Å². The number of thioether (sulfide) groups is 1. The minimum atomic E-state index is -0.429. The summed E-state index contributed by atoms with van der Waals surface area (Å²) in [6.07, 6.45) is -0.429. The van der Waals surface area contributed by atoms with Crippen LogP contribution in [0.2, 0.25) is 5.02 Å². The van der Waals surface area contributed by atoms with Gasteiger partial charge in [-0.1, -0.05) is 69.6 Å². The number of nitrogens with one attached hydrogen (secondary N) is 1. The Bertz CT molecular complexity index is 1300. The van der Waals surface area contributed by atoms with Crippen molar-refractivity contribution in [2.24, 2.45) is 0 Å². The summed E-state index contributed by atoms with van der Waals surface area (Å²) in [7, 11) is 0. The summed E-state index contributed by atoms with van der Waals surface area (Å²) in [6, 6.07) is 22.8. The quantitative estimate of drug-likeness (QED) is 0.240. The highest BCUT2D eigenvalue weighted by molar-refractivity contribution is 9.10. The minimum absolute atomic E-state index is 0.125. The number of rotatable bonds is 8. The first-order valence-electron chi connectivity index (χ1n) is 10.5. The van der Waals surface area contributed by atoms with E-state index in [-0.39, 0.29) is 11.7 Å². The Morgan fingerprint density at radius 1 is 1.12 bits per heavy atom. The zero-order chi connectivity index (χ0) is 24.1. The second-order valence-corrected chi connectivity index (χ2v) is 9.76. The summed E-state index contributed by atoms with van der Waals surface area (Å²) in [5.41, 5.74) is 2.64. The number of benzene rings is 3. The van der Waals surface area contributed by atoms with Crippen LogP contribution >= 0.6 is 39.3 Å². The molecule has 4 rings (SSSR count). The average molecular weight is 558 g/mol. The molecule has 6 nitrogen and oxygen atoms in total. The molecule has 9 heteroatoms. The Morgan fingerprint density at radius 2 is 1.85 bits per heavy atom. The molecule has 0 spiro atoms. The van der Waals surface area contributed by atoms with Gasteiger partial charge in [0.05, 0.1) is 10.8 Å². The van der Waals surface area contributed by atoms with Crippen molar-refractivity contribution in [1.82, 2.24) is 14.8 Å². The molecule has 1 amide bonds. The number of para-hydroxylation sites is 2. The Balaban J connectivity index is 1.55. The summed E-state index contributed by atoms with van der Waals surface area (Å²) in [6.45, 7) is 3.84. The summed E-state index contributed by atoms with van der Waals surface area (Å²) in [5.74, 6) is 1.23. The highest BCUT2D eigenvalue weighted by atomic mass is 79.9. The van der Waals surface area contributed by atoms with Crippen LogP contribution in [0.15, 0.2) is 82.4 Å². The van der Waals surface area contributed by atoms with E-state index in [0.29, 0.717) is 21.8 Å². The molecule has 1 unspecified atom stereocenters. The van der Waals surface area contributed by atoms with Gasteiger partial charge in [-0.15, -0.1) is 10.2 Å². The number of carbonyl (C=O) groups excluding carboxylic acids is 1. The smallest absolute Gasteiger partial charge is 0.234 e. The molecule has 0 saturated heterocycles. The zero-order valence-corrected chi connectivity index (χ0v) is 21.7. The second kappa shape index (κ2) is 11.1. The van der Waals surface area contributed by atoms with Crippen molar-refractivity contribution < 1.29 is 9.53 Å². The topological polar surface area (TPSA) is 69.0 Å². The van der Waals surface area contributed by atoms with Crippen LogP contribution < -0.4 is 10.1 Å². The molecule has 1 heterocycles. The van der Waals surface area contributed by atoms with Crippen molar-refractivity contribution in [1.29, 1.82) is 0 Å². The van der Waals surface area contributed by atoms with E-state index in [9.17, 15) is 4.79 Å². The van der Waals surface area contributed by atoms with Gasteiger partial charge in [0.15, 0.2) is 17.1 Å². The van der Waals surface area contributed by atoms with E-state index in [2.05, 4.69) is 31.4 Å². The first-order chi connectivity index (χ1) is 16.4. The third-order valence-electron chi connectivity index (χ3n) is 4.97. The van der Waals surface area contributed by atoms with Crippen molar-refractivity contribution in [2.45, 2.75) is 25.1 Å². The summed E-state index contributed by atoms with van der Waals surface area (Å²) < 4.78 is 8.96. The summed E-state index contributed by atoms with van der Waals surface area (Å²) in [4.78, 5) is 12.6. The lowest BCUT2D eigenvalue weighted by Gasteiger charge is -2.17. The van der Waals surface area contributed by atoms with Crippen molar-refractivity contribution in [3.8, 4) is 11.4 Å². The third-order valence-corrected chi connectivity index (χ3v) is 6.71. The van der Waals surface area contributed by atoms with Gasteiger partial charge in [0.25, 0.3) is 0 Å². The normalized spacial score (nSPS) is 11.8. The number of nitrogens with zero attached hydrogens (tertiary/aromatic N) is 3. The highest BCUT2D eigenvalue weighted by Crippen LogP contribution is 2.31. The van der Waals surface area contributed by atoms with Crippen LogP contribution in [0, 0.1) is 6.92 Å². The van der Waals surface area contributed by atoms with Gasteiger partial charge in [-0.05, 0) is 61.9 Å². The minimum Gasteiger partial charge on any atom is -0.481 e. The summed E-state index contributed by atoms with van der Waals surface area (Å²) >= 11 is 11.0. The van der Waals surface area contributed by atoms with Gasteiger partial charge in [-0.3, -0.25) is 9.36 Å². The van der Waals surface area contributed by atoms with E-state index >= 15 is 0 Å². The van der Waals surface area contributed by atoms with E-state index in [1.807, 2.05) is 85.1 Å². The molecule has 0 radical (unpaired) electrons. The van der Waals surface area contributed by atoms with Crippen molar-refractivity contribution in [3.05, 3.63) is 93.7 Å². The molecule has 1 atom stereocenters. The molecule has 174 valence electrons. The van der Waals surface area contributed by atoms with Crippen LogP contribution in [-0.2, 0) is 4.79 Å². The van der Waals surface area contributed by atoms with Crippen molar-refractivity contribution in [3.63, 3.8) is 0 Å². The van der Waals surface area contributed by atoms with Gasteiger partial charge in [-0.2, -0.15) is 0 Å². The van der Waals surface area contributed by atoms with E-state index < -0.39 is 6.10 Å². The van der Waals surface area contributed by atoms with Gasteiger partial charge in [0.1, 0.15) is 5.75 Å². The van der Waals surface area contributed by atoms with Gasteiger partial charge >= 0.3 is 0 Å². The molecule has 3 aromatic carbocycles. The molecule has 0 fully saturated rings. The van der Waals surface area contributed by atoms with Gasteiger partial charge in [0, 0.05) is 15.8 Å². The largest absolute Gasteiger partial charge is 0.481 e. The maximum absolute atomic E-state index is 12.6. The number of aromatic nitrogens is 3. The van der Waals surface area contributed by atoms with E-state index in [1.165, 1.54) is 11.8 Å². The Morgan fingerprint density at radius 3 is 2.59 bits per heavy atom. The fourth-order valence-electron chi connectivity index (χ4n) is 3.32. The van der Waals surface area contributed by atoms with E-state index in [4.69, 9.17) is 16.3 Å². The number of halogens is 2. The lowest BCUT2D eigenvalue weighted by molar-refractivity contribution is -0.113. The van der Waals surface area contributed by atoms with Crippen LogP contribution in [-0.4, -0.2) is 26.4 Å². The van der Waals surface area contributed by atoms with Crippen LogP contribution in [0.5, 0.6) is 5.75 Å². The molecule has 0 bridgehead atoms. The lowest BCUT2D eigenvalue weighted by atomic mass is 10.2. The predicted molar refractivity (Wildman–Crippen MR) is 140 cm³/mol. The first kappa shape index (κ1) is 24.3. The highest BCUT2D eigenvalue weighted by Gasteiger charge is 2.22. The van der Waals surface area contributed by atoms with Crippen LogP contribution in [0.4, 0.5) is 5.69 Å². The molecule has 0 aliphatic rings. The third kappa shape index (κ3) is 5.81.